The zero-order valence-electron chi connectivity index (χ0n) is 18.8. The lowest BCUT2D eigenvalue weighted by atomic mass is 9.84. The van der Waals surface area contributed by atoms with Crippen molar-refractivity contribution in [3.05, 3.63) is 0 Å². The summed E-state index contributed by atoms with van der Waals surface area (Å²) in [4.78, 5) is 11.2. The number of nitrogens with two attached hydrogens (primary N) is 4. The van der Waals surface area contributed by atoms with Crippen LogP contribution in [-0.4, -0.2) is 130 Å². The molecule has 3 aliphatic rings. The van der Waals surface area contributed by atoms with Gasteiger partial charge in [-0.05, 0) is 6.42 Å². The Morgan fingerprint density at radius 2 is 1.44 bits per heavy atom. The van der Waals surface area contributed by atoms with Crippen molar-refractivity contribution in [1.82, 2.24) is 5.32 Å². The molecule has 14 atom stereocenters. The van der Waals surface area contributed by atoms with Gasteiger partial charge in [0.2, 0.25) is 5.91 Å². The van der Waals surface area contributed by atoms with E-state index < -0.39 is 85.6 Å². The third kappa shape index (κ3) is 5.67. The number of aliphatic hydroxyl groups is 5. The SMILES string of the molecule is CC(=O)NC[C@H]1O[C@@H](OC2C(O)[C@H](N)CC(N)[C@H]2O[C@H]2OC(CN)[C@@H](O)C(O)C2N)C(O)[C@H]1O. The number of hydrogen-bond donors (Lipinski definition) is 10. The lowest BCUT2D eigenvalue weighted by Gasteiger charge is -2.47. The van der Waals surface area contributed by atoms with Crippen molar-refractivity contribution >= 4 is 5.91 Å². The van der Waals surface area contributed by atoms with Crippen LogP contribution in [0.3, 0.4) is 0 Å². The third-order valence-electron chi connectivity index (χ3n) is 6.50. The summed E-state index contributed by atoms with van der Waals surface area (Å²) in [6, 6.07) is -2.75. The summed E-state index contributed by atoms with van der Waals surface area (Å²) in [5.41, 5.74) is 23.8. The van der Waals surface area contributed by atoms with E-state index in [4.69, 9.17) is 41.9 Å². The number of rotatable bonds is 7. The van der Waals surface area contributed by atoms with Crippen molar-refractivity contribution in [2.24, 2.45) is 22.9 Å². The first-order valence-corrected chi connectivity index (χ1v) is 11.2. The molecule has 15 heteroatoms. The molecule has 0 aromatic heterocycles. The van der Waals surface area contributed by atoms with Crippen LogP contribution < -0.4 is 28.3 Å². The lowest BCUT2D eigenvalue weighted by Crippen LogP contribution is -2.68. The van der Waals surface area contributed by atoms with Gasteiger partial charge in [0.1, 0.15) is 48.8 Å². The van der Waals surface area contributed by atoms with E-state index in [1.54, 1.807) is 0 Å². The van der Waals surface area contributed by atoms with Gasteiger partial charge in [-0.2, -0.15) is 0 Å². The predicted octanol–water partition coefficient (Wildman–Crippen LogP) is -6.51. The van der Waals surface area contributed by atoms with Crippen molar-refractivity contribution < 1.29 is 49.3 Å². The molecule has 198 valence electrons. The normalized spacial score (nSPS) is 49.7. The highest BCUT2D eigenvalue weighted by molar-refractivity contribution is 5.72. The zero-order chi connectivity index (χ0) is 25.3. The van der Waals surface area contributed by atoms with Gasteiger partial charge in [0.15, 0.2) is 12.6 Å². The summed E-state index contributed by atoms with van der Waals surface area (Å²) in [6.07, 6.45) is -13.7. The smallest absolute Gasteiger partial charge is 0.216 e. The van der Waals surface area contributed by atoms with Crippen LogP contribution in [0.15, 0.2) is 0 Å². The number of nitrogens with one attached hydrogen (secondary N) is 1. The molecule has 1 saturated carbocycles. The molecule has 3 rings (SSSR count). The number of aliphatic hydroxyl groups excluding tert-OH is 5. The molecule has 0 aromatic carbocycles. The maximum atomic E-state index is 11.2. The first-order chi connectivity index (χ1) is 16.0. The fourth-order valence-electron chi connectivity index (χ4n) is 4.43. The molecule has 2 saturated heterocycles. The summed E-state index contributed by atoms with van der Waals surface area (Å²) in [5.74, 6) is -0.352. The van der Waals surface area contributed by atoms with E-state index in [2.05, 4.69) is 5.32 Å². The Kier molecular flexibility index (Phi) is 9.18. The molecular weight excluding hydrogens is 458 g/mol. The average Bonchev–Trinajstić information content (AvgIpc) is 3.05. The highest BCUT2D eigenvalue weighted by Crippen LogP contribution is 2.32. The van der Waals surface area contributed by atoms with Crippen LogP contribution in [0, 0.1) is 0 Å². The molecule has 2 heterocycles. The van der Waals surface area contributed by atoms with Crippen molar-refractivity contribution in [1.29, 1.82) is 0 Å². The molecular formula is C19H37N5O10. The highest BCUT2D eigenvalue weighted by Gasteiger charge is 2.52. The number of hydrogen-bond acceptors (Lipinski definition) is 14. The second-order valence-electron chi connectivity index (χ2n) is 9.05. The van der Waals surface area contributed by atoms with Crippen LogP contribution in [0.2, 0.25) is 0 Å². The Morgan fingerprint density at radius 3 is 2.06 bits per heavy atom. The Morgan fingerprint density at radius 1 is 0.853 bits per heavy atom. The molecule has 7 unspecified atom stereocenters. The van der Waals surface area contributed by atoms with Gasteiger partial charge in [0, 0.05) is 32.1 Å². The van der Waals surface area contributed by atoms with Crippen molar-refractivity contribution in [2.45, 2.75) is 99.0 Å². The summed E-state index contributed by atoms with van der Waals surface area (Å²) >= 11 is 0. The van der Waals surface area contributed by atoms with E-state index in [0.717, 1.165) is 0 Å². The fraction of sp³-hybridized carbons (Fsp3) is 0.947. The van der Waals surface area contributed by atoms with Crippen molar-refractivity contribution in [3.8, 4) is 0 Å². The molecule has 0 aromatic rings. The molecule has 14 N–H and O–H groups in total. The van der Waals surface area contributed by atoms with Crippen LogP contribution in [-0.2, 0) is 23.7 Å². The Bertz CT molecular complexity index is 692. The third-order valence-corrected chi connectivity index (χ3v) is 6.50. The molecule has 3 fully saturated rings. The summed E-state index contributed by atoms with van der Waals surface area (Å²) < 4.78 is 22.9. The topological polar surface area (TPSA) is 271 Å². The molecule has 1 aliphatic carbocycles. The molecule has 1 amide bonds. The van der Waals surface area contributed by atoms with Crippen LogP contribution in [0.1, 0.15) is 13.3 Å². The Labute approximate surface area is 196 Å². The van der Waals surface area contributed by atoms with Gasteiger partial charge in [-0.25, -0.2) is 0 Å². The van der Waals surface area contributed by atoms with Crippen LogP contribution in [0.4, 0.5) is 0 Å². The van der Waals surface area contributed by atoms with Gasteiger partial charge in [-0.15, -0.1) is 0 Å². The minimum Gasteiger partial charge on any atom is -0.389 e. The second-order valence-corrected chi connectivity index (χ2v) is 9.05. The monoisotopic (exact) mass is 495 g/mol. The molecule has 0 radical (unpaired) electrons. The maximum absolute atomic E-state index is 11.2. The molecule has 2 aliphatic heterocycles. The molecule has 0 bridgehead atoms. The average molecular weight is 496 g/mol. The van der Waals surface area contributed by atoms with Crippen LogP contribution in [0.25, 0.3) is 0 Å². The maximum Gasteiger partial charge on any atom is 0.216 e. The molecule has 0 spiro atoms. The highest BCUT2D eigenvalue weighted by atomic mass is 16.7. The quantitative estimate of drug-likeness (QED) is 0.157. The molecule has 34 heavy (non-hydrogen) atoms. The lowest BCUT2D eigenvalue weighted by molar-refractivity contribution is -0.306. The minimum atomic E-state index is -1.51. The summed E-state index contributed by atoms with van der Waals surface area (Å²) in [7, 11) is 0. The fourth-order valence-corrected chi connectivity index (χ4v) is 4.43. The second kappa shape index (κ2) is 11.3. The summed E-state index contributed by atoms with van der Waals surface area (Å²) in [6.45, 7) is 1.09. The number of carbonyl (C=O) groups is 1. The van der Waals surface area contributed by atoms with Gasteiger partial charge in [-0.1, -0.05) is 0 Å². The van der Waals surface area contributed by atoms with E-state index in [1.165, 1.54) is 6.92 Å². The Hall–Kier alpha value is -1.05. The van der Waals surface area contributed by atoms with E-state index in [9.17, 15) is 30.3 Å². The Balaban J connectivity index is 1.75. The summed E-state index contributed by atoms with van der Waals surface area (Å²) in [5, 5.41) is 54.2. The first kappa shape index (κ1) is 27.5. The van der Waals surface area contributed by atoms with E-state index in [1.807, 2.05) is 0 Å². The number of ether oxygens (including phenoxy) is 4. The zero-order valence-corrected chi connectivity index (χ0v) is 18.8. The van der Waals surface area contributed by atoms with Gasteiger partial charge in [0.05, 0.1) is 12.1 Å². The first-order valence-electron chi connectivity index (χ1n) is 11.2. The van der Waals surface area contributed by atoms with Crippen LogP contribution in [0.5, 0.6) is 0 Å². The van der Waals surface area contributed by atoms with Gasteiger partial charge in [-0.3, -0.25) is 4.79 Å². The van der Waals surface area contributed by atoms with Gasteiger partial charge in [0.25, 0.3) is 0 Å². The van der Waals surface area contributed by atoms with Crippen molar-refractivity contribution in [2.75, 3.05) is 13.1 Å². The van der Waals surface area contributed by atoms with Gasteiger partial charge >= 0.3 is 0 Å². The van der Waals surface area contributed by atoms with Crippen LogP contribution >= 0.6 is 0 Å². The predicted molar refractivity (Wildman–Crippen MR) is 113 cm³/mol. The molecule has 15 nitrogen and oxygen atoms in total. The largest absolute Gasteiger partial charge is 0.389 e. The number of amides is 1. The van der Waals surface area contributed by atoms with E-state index >= 15 is 0 Å². The van der Waals surface area contributed by atoms with E-state index in [-0.39, 0.29) is 25.4 Å². The van der Waals surface area contributed by atoms with Crippen molar-refractivity contribution in [3.63, 3.8) is 0 Å². The van der Waals surface area contributed by atoms with E-state index in [0.29, 0.717) is 0 Å². The number of carbonyl (C=O) groups excluding carboxylic acids is 1. The standard InChI is InChI=1S/C19H37N5O10/c1-5(25)24-4-9-13(28)15(30)19(32-9)34-17-11(26)6(21)2-7(22)16(17)33-18-10(23)14(29)12(27)8(3-20)31-18/h6-19,26-30H,2-4,20-23H2,1H3,(H,24,25)/t6-,7?,8?,9-,10?,11?,12-,13+,14?,15?,16-,17?,18-,19+/m1/s1. The van der Waals surface area contributed by atoms with Gasteiger partial charge < -0.3 is 72.7 Å². The minimum absolute atomic E-state index is 0.0783.